The van der Waals surface area contributed by atoms with Gasteiger partial charge in [-0.15, -0.1) is 0 Å². The largest absolute Gasteiger partial charge is 0.390 e. The summed E-state index contributed by atoms with van der Waals surface area (Å²) in [6, 6.07) is 1.50. The molecular formula is C12H22N2O3S. The second kappa shape index (κ2) is 5.86. The number of hydrogen-bond acceptors (Lipinski definition) is 3. The Morgan fingerprint density at radius 2 is 2.06 bits per heavy atom. The number of sulfonamides is 1. The zero-order valence-electron chi connectivity index (χ0n) is 11.4. The molecule has 1 heterocycles. The Labute approximate surface area is 109 Å². The average Bonchev–Trinajstić information content (AvgIpc) is 2.71. The van der Waals surface area contributed by atoms with Crippen LogP contribution in [0.4, 0.5) is 0 Å². The van der Waals surface area contributed by atoms with Crippen LogP contribution in [0.2, 0.25) is 0 Å². The smallest absolute Gasteiger partial charge is 0.244 e. The molecule has 18 heavy (non-hydrogen) atoms. The lowest BCUT2D eigenvalue weighted by Gasteiger charge is -2.25. The van der Waals surface area contributed by atoms with E-state index in [-0.39, 0.29) is 17.5 Å². The van der Waals surface area contributed by atoms with Crippen LogP contribution in [0.15, 0.2) is 17.2 Å². The van der Waals surface area contributed by atoms with Crippen molar-refractivity contribution in [1.29, 1.82) is 0 Å². The van der Waals surface area contributed by atoms with Crippen LogP contribution in [0.25, 0.3) is 0 Å². The average molecular weight is 274 g/mol. The van der Waals surface area contributed by atoms with Gasteiger partial charge in [-0.2, -0.15) is 4.31 Å². The number of aryl methyl sites for hydroxylation is 1. The van der Waals surface area contributed by atoms with Gasteiger partial charge in [0.05, 0.1) is 6.61 Å². The van der Waals surface area contributed by atoms with Crippen LogP contribution in [-0.2, 0) is 23.7 Å². The highest BCUT2D eigenvalue weighted by atomic mass is 32.2. The van der Waals surface area contributed by atoms with Gasteiger partial charge in [0, 0.05) is 31.5 Å². The molecule has 0 saturated carbocycles. The van der Waals surface area contributed by atoms with Crippen molar-refractivity contribution in [1.82, 2.24) is 8.87 Å². The van der Waals surface area contributed by atoms with Gasteiger partial charge in [-0.05, 0) is 19.4 Å². The predicted molar refractivity (Wildman–Crippen MR) is 70.7 cm³/mol. The van der Waals surface area contributed by atoms with Gasteiger partial charge >= 0.3 is 0 Å². The molecule has 0 spiro atoms. The lowest BCUT2D eigenvalue weighted by Crippen LogP contribution is -2.37. The number of hydrogen-bond donors (Lipinski definition) is 1. The maximum atomic E-state index is 12.5. The molecule has 0 radical (unpaired) electrons. The molecule has 0 saturated heterocycles. The van der Waals surface area contributed by atoms with Crippen LogP contribution in [0, 0.1) is 0 Å². The van der Waals surface area contributed by atoms with Gasteiger partial charge in [0.2, 0.25) is 10.0 Å². The van der Waals surface area contributed by atoms with E-state index in [1.54, 1.807) is 17.8 Å². The first kappa shape index (κ1) is 15.2. The minimum Gasteiger partial charge on any atom is -0.390 e. The Morgan fingerprint density at radius 1 is 1.44 bits per heavy atom. The molecule has 1 atom stereocenters. The van der Waals surface area contributed by atoms with E-state index in [4.69, 9.17) is 5.11 Å². The van der Waals surface area contributed by atoms with E-state index in [1.165, 1.54) is 10.4 Å². The SMILES string of the molecule is CCC(C)N(CC)S(=O)(=O)c1cc(CO)n(C)c1. The summed E-state index contributed by atoms with van der Waals surface area (Å²) < 4.78 is 28.1. The zero-order valence-corrected chi connectivity index (χ0v) is 12.2. The number of aromatic nitrogens is 1. The fourth-order valence-electron chi connectivity index (χ4n) is 1.93. The summed E-state index contributed by atoms with van der Waals surface area (Å²) in [5, 5.41) is 9.12. The van der Waals surface area contributed by atoms with Crippen molar-refractivity contribution in [2.45, 2.75) is 44.7 Å². The van der Waals surface area contributed by atoms with E-state index < -0.39 is 10.0 Å². The van der Waals surface area contributed by atoms with E-state index in [1.807, 2.05) is 20.8 Å². The monoisotopic (exact) mass is 274 g/mol. The molecule has 6 heteroatoms. The van der Waals surface area contributed by atoms with Crippen molar-refractivity contribution in [2.75, 3.05) is 6.54 Å². The lowest BCUT2D eigenvalue weighted by molar-refractivity contribution is 0.272. The molecule has 0 aliphatic rings. The van der Waals surface area contributed by atoms with Crippen LogP contribution in [0.5, 0.6) is 0 Å². The zero-order chi connectivity index (χ0) is 13.9. The van der Waals surface area contributed by atoms with Crippen molar-refractivity contribution in [3.05, 3.63) is 18.0 Å². The summed E-state index contributed by atoms with van der Waals surface area (Å²) in [5.74, 6) is 0. The third kappa shape index (κ3) is 2.76. The highest BCUT2D eigenvalue weighted by Gasteiger charge is 2.28. The third-order valence-corrected chi connectivity index (χ3v) is 5.30. The van der Waals surface area contributed by atoms with Crippen LogP contribution in [0.1, 0.15) is 32.9 Å². The number of rotatable bonds is 6. The van der Waals surface area contributed by atoms with Gasteiger partial charge in [0.25, 0.3) is 0 Å². The van der Waals surface area contributed by atoms with Crippen molar-refractivity contribution < 1.29 is 13.5 Å². The summed E-state index contributed by atoms with van der Waals surface area (Å²) in [5.41, 5.74) is 0.591. The summed E-state index contributed by atoms with van der Waals surface area (Å²) in [6.07, 6.45) is 2.32. The Bertz CT molecular complexity index is 493. The molecule has 1 aromatic rings. The molecule has 0 amide bonds. The summed E-state index contributed by atoms with van der Waals surface area (Å²) in [7, 11) is -1.75. The minimum absolute atomic E-state index is 0.0298. The Kier molecular flexibility index (Phi) is 4.95. The summed E-state index contributed by atoms with van der Waals surface area (Å²) in [4.78, 5) is 0.246. The molecule has 0 fully saturated rings. The Morgan fingerprint density at radius 3 is 2.44 bits per heavy atom. The quantitative estimate of drug-likeness (QED) is 0.851. The van der Waals surface area contributed by atoms with E-state index in [9.17, 15) is 8.42 Å². The normalized spacial score (nSPS) is 14.1. The number of nitrogens with zero attached hydrogens (tertiary/aromatic N) is 2. The van der Waals surface area contributed by atoms with Crippen molar-refractivity contribution in [2.24, 2.45) is 7.05 Å². The molecule has 5 nitrogen and oxygen atoms in total. The van der Waals surface area contributed by atoms with E-state index >= 15 is 0 Å². The fourth-order valence-corrected chi connectivity index (χ4v) is 3.74. The topological polar surface area (TPSA) is 62.5 Å². The van der Waals surface area contributed by atoms with E-state index in [0.717, 1.165) is 6.42 Å². The molecular weight excluding hydrogens is 252 g/mol. The van der Waals surface area contributed by atoms with Crippen molar-refractivity contribution in [3.63, 3.8) is 0 Å². The summed E-state index contributed by atoms with van der Waals surface area (Å²) >= 11 is 0. The second-order valence-corrected chi connectivity index (χ2v) is 6.29. The highest BCUT2D eigenvalue weighted by Crippen LogP contribution is 2.21. The molecule has 0 aliphatic heterocycles. The minimum atomic E-state index is -3.47. The molecule has 0 aliphatic carbocycles. The van der Waals surface area contributed by atoms with Crippen molar-refractivity contribution in [3.8, 4) is 0 Å². The maximum Gasteiger partial charge on any atom is 0.244 e. The van der Waals surface area contributed by atoms with Crippen LogP contribution in [-0.4, -0.2) is 35.0 Å². The molecule has 0 bridgehead atoms. The first-order chi connectivity index (χ1) is 8.38. The van der Waals surface area contributed by atoms with Gasteiger partial charge in [-0.25, -0.2) is 8.42 Å². The molecule has 0 aromatic carbocycles. The van der Waals surface area contributed by atoms with Crippen LogP contribution >= 0.6 is 0 Å². The Balaban J connectivity index is 3.18. The van der Waals surface area contributed by atoms with Crippen molar-refractivity contribution >= 4 is 10.0 Å². The maximum absolute atomic E-state index is 12.5. The van der Waals surface area contributed by atoms with Crippen LogP contribution in [0.3, 0.4) is 0 Å². The fraction of sp³-hybridized carbons (Fsp3) is 0.667. The lowest BCUT2D eigenvalue weighted by atomic mass is 10.3. The van der Waals surface area contributed by atoms with Gasteiger partial charge in [-0.3, -0.25) is 0 Å². The van der Waals surface area contributed by atoms with E-state index in [0.29, 0.717) is 12.2 Å². The first-order valence-electron chi connectivity index (χ1n) is 6.16. The first-order valence-corrected chi connectivity index (χ1v) is 7.60. The van der Waals surface area contributed by atoms with E-state index in [2.05, 4.69) is 0 Å². The van der Waals surface area contributed by atoms with Gasteiger partial charge in [0.1, 0.15) is 4.90 Å². The molecule has 1 N–H and O–H groups in total. The van der Waals surface area contributed by atoms with Gasteiger partial charge < -0.3 is 9.67 Å². The summed E-state index contributed by atoms with van der Waals surface area (Å²) in [6.45, 7) is 5.98. The third-order valence-electron chi connectivity index (χ3n) is 3.25. The number of aliphatic hydroxyl groups is 1. The second-order valence-electron chi connectivity index (χ2n) is 4.40. The Hall–Kier alpha value is -0.850. The molecule has 1 rings (SSSR count). The molecule has 104 valence electrons. The number of aliphatic hydroxyl groups excluding tert-OH is 1. The van der Waals surface area contributed by atoms with Crippen LogP contribution < -0.4 is 0 Å². The molecule has 1 aromatic heterocycles. The standard InChI is InChI=1S/C12H22N2O3S/c1-5-10(3)14(6-2)18(16,17)12-7-11(9-15)13(4)8-12/h7-8,10,15H,5-6,9H2,1-4H3. The highest BCUT2D eigenvalue weighted by molar-refractivity contribution is 7.89. The van der Waals surface area contributed by atoms with Gasteiger partial charge in [-0.1, -0.05) is 13.8 Å². The molecule has 1 unspecified atom stereocenters. The predicted octanol–water partition coefficient (Wildman–Crippen LogP) is 1.33. The van der Waals surface area contributed by atoms with Gasteiger partial charge in [0.15, 0.2) is 0 Å².